The number of hydrogen-bond acceptors (Lipinski definition) is 3. The van der Waals surface area contributed by atoms with Crippen molar-refractivity contribution in [2.24, 2.45) is 0 Å². The van der Waals surface area contributed by atoms with Crippen molar-refractivity contribution in [3.63, 3.8) is 0 Å². The van der Waals surface area contributed by atoms with Crippen molar-refractivity contribution in [1.29, 1.82) is 0 Å². The van der Waals surface area contributed by atoms with Crippen LogP contribution < -0.4 is 14.8 Å². The van der Waals surface area contributed by atoms with Gasteiger partial charge in [-0.25, -0.2) is 0 Å². The number of hydrogen-bond donors (Lipinski definition) is 2. The van der Waals surface area contributed by atoms with Gasteiger partial charge >= 0.3 is 0 Å². The normalized spacial score (nSPS) is 16.7. The Morgan fingerprint density at radius 1 is 1.14 bits per heavy atom. The Balaban J connectivity index is 1.85. The van der Waals surface area contributed by atoms with Crippen molar-refractivity contribution in [2.45, 2.75) is 52.5 Å². The van der Waals surface area contributed by atoms with E-state index in [4.69, 9.17) is 9.47 Å². The Bertz CT molecular complexity index is 1040. The lowest BCUT2D eigenvalue weighted by molar-refractivity contribution is 0.340. The molecule has 154 valence electrons. The Labute approximate surface area is 173 Å². The molecule has 1 unspecified atom stereocenters. The third kappa shape index (κ3) is 3.51. The van der Waals surface area contributed by atoms with Gasteiger partial charge in [-0.2, -0.15) is 0 Å². The molecule has 4 heteroatoms. The van der Waals surface area contributed by atoms with Crippen molar-refractivity contribution in [3.8, 4) is 11.5 Å². The monoisotopic (exact) mass is 392 g/mol. The quantitative estimate of drug-likeness (QED) is 0.623. The van der Waals surface area contributed by atoms with Crippen molar-refractivity contribution < 1.29 is 9.47 Å². The second kappa shape index (κ2) is 7.42. The molecule has 1 aromatic heterocycles. The molecule has 0 radical (unpaired) electrons. The summed E-state index contributed by atoms with van der Waals surface area (Å²) in [5.74, 6) is 1.90. The molecule has 0 amide bonds. The van der Waals surface area contributed by atoms with E-state index >= 15 is 0 Å². The summed E-state index contributed by atoms with van der Waals surface area (Å²) in [5.41, 5.74) is 7.66. The van der Waals surface area contributed by atoms with Gasteiger partial charge in [-0.05, 0) is 78.3 Å². The van der Waals surface area contributed by atoms with Gasteiger partial charge in [0.25, 0.3) is 0 Å². The van der Waals surface area contributed by atoms with Crippen LogP contribution >= 0.6 is 0 Å². The molecule has 2 N–H and O–H groups in total. The first-order chi connectivity index (χ1) is 13.8. The lowest BCUT2D eigenvalue weighted by atomic mass is 9.82. The lowest BCUT2D eigenvalue weighted by Crippen LogP contribution is -2.31. The maximum absolute atomic E-state index is 5.74. The standard InChI is InChI=1S/C25H32N2O2/c1-7-29-16-8-9-21-19(13-16)17-10-11-26-23(24(17)27-21)18-14-20(25(3,4)5)22(28-6)12-15(18)2/h8-9,12-14,23,26-27H,7,10-11H2,1-6H3. The number of aromatic amines is 1. The van der Waals surface area contributed by atoms with E-state index in [0.29, 0.717) is 6.61 Å². The number of H-pyrrole nitrogens is 1. The van der Waals surface area contributed by atoms with E-state index in [2.05, 4.69) is 62.3 Å². The maximum atomic E-state index is 5.74. The highest BCUT2D eigenvalue weighted by molar-refractivity contribution is 5.86. The highest BCUT2D eigenvalue weighted by Gasteiger charge is 2.29. The molecule has 0 bridgehead atoms. The predicted octanol–water partition coefficient (Wildman–Crippen LogP) is 5.42. The van der Waals surface area contributed by atoms with Gasteiger partial charge in [0, 0.05) is 23.1 Å². The van der Waals surface area contributed by atoms with Gasteiger partial charge in [-0.15, -0.1) is 0 Å². The van der Waals surface area contributed by atoms with Crippen LogP contribution in [0.1, 0.15) is 61.7 Å². The second-order valence-electron chi connectivity index (χ2n) is 8.95. The summed E-state index contributed by atoms with van der Waals surface area (Å²) in [7, 11) is 1.76. The number of benzene rings is 2. The van der Waals surface area contributed by atoms with E-state index in [9.17, 15) is 0 Å². The summed E-state index contributed by atoms with van der Waals surface area (Å²) in [6.07, 6.45) is 1.02. The van der Waals surface area contributed by atoms with Crippen molar-refractivity contribution >= 4 is 10.9 Å². The second-order valence-corrected chi connectivity index (χ2v) is 8.95. The van der Waals surface area contributed by atoms with Crippen LogP contribution in [0.4, 0.5) is 0 Å². The van der Waals surface area contributed by atoms with Crippen molar-refractivity contribution in [3.05, 3.63) is 58.3 Å². The first-order valence-electron chi connectivity index (χ1n) is 10.5. The number of aryl methyl sites for hydroxylation is 1. The lowest BCUT2D eigenvalue weighted by Gasteiger charge is -2.29. The Kier molecular flexibility index (Phi) is 5.07. The zero-order valence-electron chi connectivity index (χ0n) is 18.4. The highest BCUT2D eigenvalue weighted by atomic mass is 16.5. The van der Waals surface area contributed by atoms with E-state index in [-0.39, 0.29) is 11.5 Å². The molecule has 3 aromatic rings. The molecular formula is C25H32N2O2. The van der Waals surface area contributed by atoms with Crippen LogP contribution in [0.5, 0.6) is 11.5 Å². The van der Waals surface area contributed by atoms with Crippen molar-refractivity contribution in [1.82, 2.24) is 10.3 Å². The molecule has 1 aliphatic heterocycles. The SMILES string of the molecule is CCOc1ccc2[nH]c3c(c2c1)CCNC3c1cc(C(C)(C)C)c(OC)cc1C. The van der Waals surface area contributed by atoms with Gasteiger partial charge < -0.3 is 19.8 Å². The Hall–Kier alpha value is -2.46. The van der Waals surface area contributed by atoms with Gasteiger partial charge in [0.15, 0.2) is 0 Å². The smallest absolute Gasteiger partial charge is 0.122 e. The van der Waals surface area contributed by atoms with Crippen molar-refractivity contribution in [2.75, 3.05) is 20.3 Å². The number of fused-ring (bicyclic) bond motifs is 3. The molecule has 4 rings (SSSR count). The molecule has 2 heterocycles. The molecule has 0 fully saturated rings. The molecule has 0 saturated carbocycles. The van der Waals surface area contributed by atoms with Crippen LogP contribution in [-0.4, -0.2) is 25.2 Å². The number of rotatable bonds is 4. The van der Waals surface area contributed by atoms with Crippen LogP contribution in [-0.2, 0) is 11.8 Å². The van der Waals surface area contributed by atoms with Gasteiger partial charge in [-0.3, -0.25) is 0 Å². The van der Waals surface area contributed by atoms with Gasteiger partial charge in [0.1, 0.15) is 11.5 Å². The molecule has 0 saturated heterocycles. The zero-order valence-corrected chi connectivity index (χ0v) is 18.4. The molecule has 29 heavy (non-hydrogen) atoms. The third-order valence-corrected chi connectivity index (χ3v) is 5.94. The molecule has 1 aliphatic rings. The van der Waals surface area contributed by atoms with Gasteiger partial charge in [0.05, 0.1) is 19.8 Å². The minimum Gasteiger partial charge on any atom is -0.496 e. The van der Waals surface area contributed by atoms with Crippen LogP contribution in [0.25, 0.3) is 10.9 Å². The minimum absolute atomic E-state index is 0.0120. The topological polar surface area (TPSA) is 46.3 Å². The molecule has 0 spiro atoms. The van der Waals surface area contributed by atoms with Crippen LogP contribution in [0.2, 0.25) is 0 Å². The molecule has 2 aromatic carbocycles. The fourth-order valence-corrected chi connectivity index (χ4v) is 4.49. The number of methoxy groups -OCH3 is 1. The van der Waals surface area contributed by atoms with Crippen LogP contribution in [0.3, 0.4) is 0 Å². The fourth-order valence-electron chi connectivity index (χ4n) is 4.49. The summed E-state index contributed by atoms with van der Waals surface area (Å²) < 4.78 is 11.4. The zero-order chi connectivity index (χ0) is 20.8. The first-order valence-corrected chi connectivity index (χ1v) is 10.5. The van der Waals surface area contributed by atoms with E-state index in [1.165, 1.54) is 38.9 Å². The highest BCUT2D eigenvalue weighted by Crippen LogP contribution is 2.40. The number of ether oxygens (including phenoxy) is 2. The molecule has 0 aliphatic carbocycles. The largest absolute Gasteiger partial charge is 0.496 e. The number of nitrogens with one attached hydrogen (secondary N) is 2. The molecular weight excluding hydrogens is 360 g/mol. The summed E-state index contributed by atoms with van der Waals surface area (Å²) in [5, 5.41) is 5.02. The summed E-state index contributed by atoms with van der Waals surface area (Å²) in [6, 6.07) is 11.0. The Morgan fingerprint density at radius 2 is 1.93 bits per heavy atom. The van der Waals surface area contributed by atoms with E-state index < -0.39 is 0 Å². The average Bonchev–Trinajstić information content (AvgIpc) is 3.05. The molecule has 4 nitrogen and oxygen atoms in total. The van der Waals surface area contributed by atoms with Crippen LogP contribution in [0, 0.1) is 6.92 Å². The maximum Gasteiger partial charge on any atom is 0.122 e. The fraction of sp³-hybridized carbons (Fsp3) is 0.440. The van der Waals surface area contributed by atoms with Gasteiger partial charge in [0.2, 0.25) is 0 Å². The average molecular weight is 393 g/mol. The minimum atomic E-state index is 0.0120. The Morgan fingerprint density at radius 3 is 2.62 bits per heavy atom. The first kappa shape index (κ1) is 19.8. The predicted molar refractivity (Wildman–Crippen MR) is 119 cm³/mol. The molecule has 1 atom stereocenters. The van der Waals surface area contributed by atoms with E-state index in [1.807, 2.05) is 13.0 Å². The third-order valence-electron chi connectivity index (χ3n) is 5.94. The summed E-state index contributed by atoms with van der Waals surface area (Å²) >= 11 is 0. The van der Waals surface area contributed by atoms with E-state index in [0.717, 1.165) is 24.5 Å². The number of aromatic nitrogens is 1. The van der Waals surface area contributed by atoms with E-state index in [1.54, 1.807) is 7.11 Å². The van der Waals surface area contributed by atoms with Crippen LogP contribution in [0.15, 0.2) is 30.3 Å². The summed E-state index contributed by atoms with van der Waals surface area (Å²) in [4.78, 5) is 3.70. The van der Waals surface area contributed by atoms with Gasteiger partial charge in [-0.1, -0.05) is 20.8 Å². The summed E-state index contributed by atoms with van der Waals surface area (Å²) in [6.45, 7) is 12.6.